The number of carbonyl (C=O) groups is 1. The summed E-state index contributed by atoms with van der Waals surface area (Å²) in [6.45, 7) is 2.22. The molecule has 1 aromatic carbocycles. The Hall–Kier alpha value is -2.01. The third-order valence-corrected chi connectivity index (χ3v) is 3.90. The molecule has 3 rings (SSSR count). The Balaban J connectivity index is 1.67. The van der Waals surface area contributed by atoms with Gasteiger partial charge in [0, 0.05) is 26.2 Å². The molecule has 0 bridgehead atoms. The van der Waals surface area contributed by atoms with Crippen LogP contribution in [0.25, 0.3) is 0 Å². The highest BCUT2D eigenvalue weighted by atomic mass is 35.5. The van der Waals surface area contributed by atoms with Crippen LogP contribution in [-0.2, 0) is 0 Å². The zero-order chi connectivity index (χ0) is 14.8. The van der Waals surface area contributed by atoms with E-state index in [4.69, 9.17) is 16.0 Å². The zero-order valence-electron chi connectivity index (χ0n) is 11.3. The highest BCUT2D eigenvalue weighted by molar-refractivity contribution is 6.32. The van der Waals surface area contributed by atoms with Crippen molar-refractivity contribution >= 4 is 23.2 Å². The molecule has 1 saturated heterocycles. The van der Waals surface area contributed by atoms with Crippen molar-refractivity contribution in [3.63, 3.8) is 0 Å². The molecule has 1 aliphatic rings. The van der Waals surface area contributed by atoms with Crippen molar-refractivity contribution in [2.45, 2.75) is 0 Å². The fourth-order valence-electron chi connectivity index (χ4n) is 2.48. The number of hydrogen-bond donors (Lipinski definition) is 0. The Morgan fingerprint density at radius 1 is 1.14 bits per heavy atom. The number of para-hydroxylation sites is 1. The van der Waals surface area contributed by atoms with Crippen molar-refractivity contribution in [3.05, 3.63) is 53.2 Å². The number of halogens is 2. The molecule has 6 heteroatoms. The van der Waals surface area contributed by atoms with E-state index in [1.54, 1.807) is 29.2 Å². The largest absolute Gasteiger partial charge is 0.452 e. The van der Waals surface area contributed by atoms with E-state index in [0.717, 1.165) is 0 Å². The van der Waals surface area contributed by atoms with Gasteiger partial charge in [-0.25, -0.2) is 4.39 Å². The quantitative estimate of drug-likeness (QED) is 0.855. The van der Waals surface area contributed by atoms with Gasteiger partial charge in [-0.05, 0) is 29.8 Å². The van der Waals surface area contributed by atoms with Crippen LogP contribution < -0.4 is 4.90 Å². The van der Waals surface area contributed by atoms with Gasteiger partial charge < -0.3 is 14.2 Å². The number of rotatable bonds is 2. The van der Waals surface area contributed by atoms with Crippen LogP contribution in [-0.4, -0.2) is 37.0 Å². The lowest BCUT2D eigenvalue weighted by Crippen LogP contribution is -2.49. The maximum Gasteiger partial charge on any atom is 0.258 e. The van der Waals surface area contributed by atoms with Gasteiger partial charge in [-0.1, -0.05) is 12.1 Å². The highest BCUT2D eigenvalue weighted by Gasteiger charge is 2.25. The predicted molar refractivity (Wildman–Crippen MR) is 78.2 cm³/mol. The summed E-state index contributed by atoms with van der Waals surface area (Å²) in [6, 6.07) is 8.23. The van der Waals surface area contributed by atoms with Gasteiger partial charge in [0.05, 0.1) is 17.5 Å². The van der Waals surface area contributed by atoms with Crippen LogP contribution in [0.15, 0.2) is 41.0 Å². The van der Waals surface area contributed by atoms with Crippen LogP contribution in [0, 0.1) is 5.82 Å². The van der Waals surface area contributed by atoms with Crippen molar-refractivity contribution in [2.75, 3.05) is 31.1 Å². The lowest BCUT2D eigenvalue weighted by atomic mass is 10.2. The number of amides is 1. The van der Waals surface area contributed by atoms with Crippen LogP contribution in [0.2, 0.25) is 5.22 Å². The highest BCUT2D eigenvalue weighted by Crippen LogP contribution is 2.22. The minimum Gasteiger partial charge on any atom is -0.452 e. The van der Waals surface area contributed by atoms with E-state index in [1.807, 2.05) is 4.90 Å². The molecule has 0 saturated carbocycles. The smallest absolute Gasteiger partial charge is 0.258 e. The van der Waals surface area contributed by atoms with Crippen molar-refractivity contribution in [1.29, 1.82) is 0 Å². The second-order valence-corrected chi connectivity index (χ2v) is 5.18. The van der Waals surface area contributed by atoms with E-state index in [2.05, 4.69) is 0 Å². The minimum atomic E-state index is -0.241. The van der Waals surface area contributed by atoms with E-state index in [9.17, 15) is 9.18 Å². The van der Waals surface area contributed by atoms with Gasteiger partial charge >= 0.3 is 0 Å². The van der Waals surface area contributed by atoms with Crippen LogP contribution in [0.1, 0.15) is 10.4 Å². The fraction of sp³-hybridized carbons (Fsp3) is 0.267. The van der Waals surface area contributed by atoms with Gasteiger partial charge in [0.25, 0.3) is 5.91 Å². The molecule has 2 aromatic rings. The topological polar surface area (TPSA) is 36.7 Å². The van der Waals surface area contributed by atoms with Gasteiger partial charge in [0.2, 0.25) is 5.22 Å². The third-order valence-electron chi connectivity index (χ3n) is 3.61. The van der Waals surface area contributed by atoms with E-state index in [1.165, 1.54) is 12.3 Å². The average Bonchev–Trinajstić information content (AvgIpc) is 2.93. The molecule has 0 N–H and O–H groups in total. The molecule has 1 fully saturated rings. The lowest BCUT2D eigenvalue weighted by molar-refractivity contribution is 0.0746. The van der Waals surface area contributed by atoms with Gasteiger partial charge in [0.1, 0.15) is 5.82 Å². The maximum absolute atomic E-state index is 13.8. The summed E-state index contributed by atoms with van der Waals surface area (Å²) in [5, 5.41) is 0.108. The molecular formula is C15H14ClFN2O2. The summed E-state index contributed by atoms with van der Waals surface area (Å²) in [4.78, 5) is 15.9. The standard InChI is InChI=1S/C15H14ClFN2O2/c16-14-11(5-10-21-14)15(20)19-8-6-18(7-9-19)13-4-2-1-3-12(13)17/h1-5,10H,6-9H2. The van der Waals surface area contributed by atoms with E-state index < -0.39 is 0 Å². The summed E-state index contributed by atoms with van der Waals surface area (Å²) < 4.78 is 18.7. The number of anilines is 1. The first kappa shape index (κ1) is 13.9. The molecule has 0 unspecified atom stereocenters. The third kappa shape index (κ3) is 2.74. The van der Waals surface area contributed by atoms with E-state index in [0.29, 0.717) is 37.4 Å². The van der Waals surface area contributed by atoms with Crippen LogP contribution in [0.3, 0.4) is 0 Å². The number of furan rings is 1. The summed E-state index contributed by atoms with van der Waals surface area (Å²) in [5.41, 5.74) is 0.946. The first-order chi connectivity index (χ1) is 10.2. The Labute approximate surface area is 126 Å². The van der Waals surface area contributed by atoms with Crippen molar-refractivity contribution in [2.24, 2.45) is 0 Å². The van der Waals surface area contributed by atoms with Crippen LogP contribution in [0.4, 0.5) is 10.1 Å². The molecule has 1 aliphatic heterocycles. The number of carbonyl (C=O) groups excluding carboxylic acids is 1. The summed E-state index contributed by atoms with van der Waals surface area (Å²) >= 11 is 5.83. The summed E-state index contributed by atoms with van der Waals surface area (Å²) in [6.07, 6.45) is 1.39. The average molecular weight is 309 g/mol. The second kappa shape index (κ2) is 5.77. The van der Waals surface area contributed by atoms with Gasteiger partial charge in [-0.15, -0.1) is 0 Å². The number of hydrogen-bond acceptors (Lipinski definition) is 3. The van der Waals surface area contributed by atoms with Crippen molar-refractivity contribution in [3.8, 4) is 0 Å². The van der Waals surface area contributed by atoms with Gasteiger partial charge in [0.15, 0.2) is 0 Å². The fourth-order valence-corrected chi connectivity index (χ4v) is 2.67. The lowest BCUT2D eigenvalue weighted by Gasteiger charge is -2.36. The molecule has 0 aliphatic carbocycles. The first-order valence-corrected chi connectivity index (χ1v) is 7.06. The zero-order valence-corrected chi connectivity index (χ0v) is 12.0. The molecule has 1 amide bonds. The van der Waals surface area contributed by atoms with E-state index >= 15 is 0 Å². The molecule has 110 valence electrons. The van der Waals surface area contributed by atoms with Gasteiger partial charge in [-0.2, -0.15) is 0 Å². The van der Waals surface area contributed by atoms with Crippen LogP contribution >= 0.6 is 11.6 Å². The molecule has 0 spiro atoms. The SMILES string of the molecule is O=C(c1ccoc1Cl)N1CCN(c2ccccc2F)CC1. The van der Waals surface area contributed by atoms with Crippen molar-refractivity contribution in [1.82, 2.24) is 4.90 Å². The van der Waals surface area contributed by atoms with Gasteiger partial charge in [-0.3, -0.25) is 4.79 Å². The Kier molecular flexibility index (Phi) is 3.84. The molecule has 0 atom stereocenters. The van der Waals surface area contributed by atoms with E-state index in [-0.39, 0.29) is 16.9 Å². The monoisotopic (exact) mass is 308 g/mol. The summed E-state index contributed by atoms with van der Waals surface area (Å²) in [7, 11) is 0. The molecule has 0 radical (unpaired) electrons. The molecule has 2 heterocycles. The Bertz CT molecular complexity index is 651. The summed E-state index contributed by atoms with van der Waals surface area (Å²) in [5.74, 6) is -0.392. The Morgan fingerprint density at radius 3 is 2.48 bits per heavy atom. The van der Waals surface area contributed by atoms with Crippen LogP contribution in [0.5, 0.6) is 0 Å². The Morgan fingerprint density at radius 2 is 1.86 bits per heavy atom. The molecule has 21 heavy (non-hydrogen) atoms. The number of piperazine rings is 1. The predicted octanol–water partition coefficient (Wildman–Crippen LogP) is 3.03. The number of nitrogens with zero attached hydrogens (tertiary/aromatic N) is 2. The van der Waals surface area contributed by atoms with Crippen molar-refractivity contribution < 1.29 is 13.6 Å². The molecule has 4 nitrogen and oxygen atoms in total. The number of benzene rings is 1. The molecule has 1 aromatic heterocycles. The molecular weight excluding hydrogens is 295 g/mol. The first-order valence-electron chi connectivity index (χ1n) is 6.68. The minimum absolute atomic E-state index is 0.108. The normalized spacial score (nSPS) is 15.3. The second-order valence-electron chi connectivity index (χ2n) is 4.84. The maximum atomic E-state index is 13.8.